The lowest BCUT2D eigenvalue weighted by molar-refractivity contribution is 0.0801. The summed E-state index contributed by atoms with van der Waals surface area (Å²) in [6.07, 6.45) is 11.7. The molecule has 0 radical (unpaired) electrons. The number of carbonyl (C=O) groups is 2. The molecule has 318 valence electrons. The third-order valence-electron chi connectivity index (χ3n) is 11.5. The molecule has 61 heavy (non-hydrogen) atoms. The SMILES string of the molecule is C=CC1CC(c2ccc(NC)cc2)=CN1C(=O)c1cc(OC)c(OCCCOc2cc3c(cc2OC)C(=O)N2C=C(c4ccc(N(CCC)CCC)cc4)CC2C=N3)cc1C. The van der Waals surface area contributed by atoms with E-state index in [1.165, 1.54) is 5.69 Å². The molecular formula is C50H57N5O6. The number of aryl methyl sites for hydroxylation is 1. The molecule has 2 unspecified atom stereocenters. The molecule has 4 aromatic rings. The Morgan fingerprint density at radius 1 is 0.852 bits per heavy atom. The second-order valence-corrected chi connectivity index (χ2v) is 15.5. The van der Waals surface area contributed by atoms with Crippen LogP contribution in [0.4, 0.5) is 17.1 Å². The summed E-state index contributed by atoms with van der Waals surface area (Å²) in [7, 11) is 5.02. The Kier molecular flexibility index (Phi) is 13.5. The van der Waals surface area contributed by atoms with Crippen LogP contribution in [0.2, 0.25) is 0 Å². The molecule has 0 saturated heterocycles. The van der Waals surface area contributed by atoms with Crippen molar-refractivity contribution in [3.63, 3.8) is 0 Å². The molecule has 2 atom stereocenters. The number of aliphatic imine (C=N–C) groups is 1. The Morgan fingerprint density at radius 3 is 2.10 bits per heavy atom. The summed E-state index contributed by atoms with van der Waals surface area (Å²) in [5.74, 6) is 1.68. The van der Waals surface area contributed by atoms with Crippen molar-refractivity contribution in [2.75, 3.05) is 57.8 Å². The van der Waals surface area contributed by atoms with Gasteiger partial charge in [0.1, 0.15) is 0 Å². The summed E-state index contributed by atoms with van der Waals surface area (Å²) < 4.78 is 23.7. The molecule has 4 aromatic carbocycles. The van der Waals surface area contributed by atoms with Crippen molar-refractivity contribution in [3.05, 3.63) is 126 Å². The van der Waals surface area contributed by atoms with Crippen molar-refractivity contribution in [1.29, 1.82) is 0 Å². The number of fused-ring (bicyclic) bond motifs is 2. The molecule has 11 nitrogen and oxygen atoms in total. The summed E-state index contributed by atoms with van der Waals surface area (Å²) in [6.45, 7) is 13.0. The number of anilines is 2. The fourth-order valence-electron chi connectivity index (χ4n) is 8.18. The summed E-state index contributed by atoms with van der Waals surface area (Å²) in [4.78, 5) is 38.6. The highest BCUT2D eigenvalue weighted by atomic mass is 16.5. The van der Waals surface area contributed by atoms with E-state index in [1.54, 1.807) is 42.2 Å². The molecule has 0 fully saturated rings. The van der Waals surface area contributed by atoms with E-state index in [2.05, 4.69) is 67.0 Å². The number of methoxy groups -OCH3 is 2. The maximum Gasteiger partial charge on any atom is 0.260 e. The molecule has 0 saturated carbocycles. The van der Waals surface area contributed by atoms with Crippen molar-refractivity contribution in [3.8, 4) is 23.0 Å². The monoisotopic (exact) mass is 823 g/mol. The van der Waals surface area contributed by atoms with Crippen molar-refractivity contribution in [2.45, 2.75) is 65.0 Å². The minimum atomic E-state index is -0.187. The standard InChI is InChI=1S/C50H57N5O6/c1-8-20-53(21-9-2)40-18-14-35(15-19-40)37-26-41-30-52-44-29-48(46(59-7)28-43(44)50(57)55(41)32-37)61-23-11-22-60-47-24-33(4)42(27-45(47)58-6)49(56)54-31-36(25-39(54)10-3)34-12-16-38(51-5)17-13-34/h10,12-19,24,27-32,39,41,51H,3,8-9,11,20-23,25-26H2,1-2,4-7H3. The van der Waals surface area contributed by atoms with Crippen molar-refractivity contribution in [1.82, 2.24) is 9.80 Å². The first-order chi connectivity index (χ1) is 29.7. The van der Waals surface area contributed by atoms with Gasteiger partial charge in [0.05, 0.1) is 50.8 Å². The van der Waals surface area contributed by atoms with Gasteiger partial charge in [-0.05, 0) is 96.5 Å². The van der Waals surface area contributed by atoms with Crippen LogP contribution in [0.5, 0.6) is 23.0 Å². The quantitative estimate of drug-likeness (QED) is 0.0782. The van der Waals surface area contributed by atoms with Crippen molar-refractivity contribution < 1.29 is 28.5 Å². The first-order valence-corrected chi connectivity index (χ1v) is 21.2. The third kappa shape index (κ3) is 9.16. The molecule has 3 aliphatic heterocycles. The van der Waals surface area contributed by atoms with Gasteiger partial charge in [-0.1, -0.05) is 44.2 Å². The van der Waals surface area contributed by atoms with E-state index in [9.17, 15) is 9.59 Å². The number of hydrogen-bond donors (Lipinski definition) is 1. The molecule has 3 heterocycles. The molecule has 0 aliphatic carbocycles. The minimum absolute atomic E-state index is 0.130. The van der Waals surface area contributed by atoms with Crippen molar-refractivity contribution in [2.24, 2.45) is 4.99 Å². The van der Waals surface area contributed by atoms with Crippen LogP contribution < -0.4 is 29.2 Å². The summed E-state index contributed by atoms with van der Waals surface area (Å²) in [6, 6.07) is 23.6. The van der Waals surface area contributed by atoms with Gasteiger partial charge in [-0.25, -0.2) is 0 Å². The number of hydrogen-bond acceptors (Lipinski definition) is 9. The van der Waals surface area contributed by atoms with Gasteiger partial charge in [-0.2, -0.15) is 0 Å². The maximum atomic E-state index is 14.0. The fraction of sp³-hybridized carbons (Fsp3) is 0.340. The smallest absolute Gasteiger partial charge is 0.260 e. The van der Waals surface area contributed by atoms with E-state index in [0.717, 1.165) is 59.5 Å². The van der Waals surface area contributed by atoms with Gasteiger partial charge in [0.15, 0.2) is 23.0 Å². The van der Waals surface area contributed by atoms with E-state index >= 15 is 0 Å². The number of nitrogens with one attached hydrogen (secondary N) is 1. The third-order valence-corrected chi connectivity index (χ3v) is 11.5. The molecule has 0 bridgehead atoms. The number of nitrogens with zero attached hydrogens (tertiary/aromatic N) is 4. The highest BCUT2D eigenvalue weighted by Crippen LogP contribution is 2.41. The number of benzene rings is 4. The van der Waals surface area contributed by atoms with Crippen LogP contribution in [0.1, 0.15) is 83.4 Å². The van der Waals surface area contributed by atoms with Gasteiger partial charge in [0.25, 0.3) is 11.8 Å². The Morgan fingerprint density at radius 2 is 1.48 bits per heavy atom. The lowest BCUT2D eigenvalue weighted by Crippen LogP contribution is -2.32. The van der Waals surface area contributed by atoms with Crippen LogP contribution in [-0.4, -0.2) is 87.5 Å². The summed E-state index contributed by atoms with van der Waals surface area (Å²) >= 11 is 0. The molecule has 7 rings (SSSR count). The highest BCUT2D eigenvalue weighted by Gasteiger charge is 2.34. The topological polar surface area (TPSA) is 105 Å². The fourth-order valence-corrected chi connectivity index (χ4v) is 8.18. The lowest BCUT2D eigenvalue weighted by atomic mass is 10.0. The first kappa shape index (κ1) is 42.6. The molecule has 0 spiro atoms. The zero-order valence-corrected chi connectivity index (χ0v) is 36.2. The maximum absolute atomic E-state index is 14.0. The largest absolute Gasteiger partial charge is 0.493 e. The highest BCUT2D eigenvalue weighted by molar-refractivity contribution is 6.05. The minimum Gasteiger partial charge on any atom is -0.493 e. The van der Waals surface area contributed by atoms with Gasteiger partial charge in [0.2, 0.25) is 0 Å². The normalized spacial score (nSPS) is 16.6. The van der Waals surface area contributed by atoms with Gasteiger partial charge >= 0.3 is 0 Å². The average Bonchev–Trinajstić information content (AvgIpc) is 3.90. The predicted molar refractivity (Wildman–Crippen MR) is 245 cm³/mol. The van der Waals surface area contributed by atoms with Gasteiger partial charge in [0, 0.05) is 74.6 Å². The van der Waals surface area contributed by atoms with Crippen LogP contribution in [0.25, 0.3) is 11.1 Å². The second-order valence-electron chi connectivity index (χ2n) is 15.5. The van der Waals surface area contributed by atoms with Crippen LogP contribution in [0.15, 0.2) is 103 Å². The molecule has 11 heteroatoms. The first-order valence-electron chi connectivity index (χ1n) is 21.2. The van der Waals surface area contributed by atoms with E-state index in [4.69, 9.17) is 23.9 Å². The average molecular weight is 824 g/mol. The van der Waals surface area contributed by atoms with Gasteiger partial charge in [-0.3, -0.25) is 14.6 Å². The van der Waals surface area contributed by atoms with Crippen LogP contribution in [-0.2, 0) is 0 Å². The molecule has 2 amide bonds. The number of rotatable bonds is 18. The Labute approximate surface area is 360 Å². The van der Waals surface area contributed by atoms with E-state index in [0.29, 0.717) is 72.3 Å². The van der Waals surface area contributed by atoms with E-state index in [1.807, 2.05) is 56.9 Å². The summed E-state index contributed by atoms with van der Waals surface area (Å²) in [5.41, 5.74) is 8.89. The molecular weight excluding hydrogens is 767 g/mol. The van der Waals surface area contributed by atoms with Crippen LogP contribution >= 0.6 is 0 Å². The molecule has 0 aromatic heterocycles. The Bertz CT molecular complexity index is 2330. The predicted octanol–water partition coefficient (Wildman–Crippen LogP) is 9.94. The van der Waals surface area contributed by atoms with E-state index in [-0.39, 0.29) is 23.9 Å². The Balaban J connectivity index is 0.968. The number of amides is 2. The second kappa shape index (κ2) is 19.3. The zero-order chi connectivity index (χ0) is 43.0. The molecule has 3 aliphatic rings. The molecule has 1 N–H and O–H groups in total. The zero-order valence-electron chi connectivity index (χ0n) is 36.2. The van der Waals surface area contributed by atoms with E-state index < -0.39 is 0 Å². The number of carbonyl (C=O) groups excluding carboxylic acids is 2. The van der Waals surface area contributed by atoms with Crippen molar-refractivity contribution >= 4 is 46.2 Å². The van der Waals surface area contributed by atoms with Crippen LogP contribution in [0, 0.1) is 6.92 Å². The Hall–Kier alpha value is -6.49. The summed E-state index contributed by atoms with van der Waals surface area (Å²) in [5, 5.41) is 3.14. The van der Waals surface area contributed by atoms with Gasteiger partial charge < -0.3 is 39.0 Å². The van der Waals surface area contributed by atoms with Crippen LogP contribution in [0.3, 0.4) is 0 Å². The number of ether oxygens (including phenoxy) is 4. The van der Waals surface area contributed by atoms with Gasteiger partial charge in [-0.15, -0.1) is 6.58 Å². The lowest BCUT2D eigenvalue weighted by Gasteiger charge is -2.24.